The SMILES string of the molecule is C=C(C)C(=O)OCC(C)C(O)CC. The Morgan fingerprint density at radius 1 is 1.62 bits per heavy atom. The highest BCUT2D eigenvalue weighted by Crippen LogP contribution is 2.07. The zero-order valence-electron chi connectivity index (χ0n) is 8.54. The maximum atomic E-state index is 11.0. The van der Waals surface area contributed by atoms with E-state index >= 15 is 0 Å². The summed E-state index contributed by atoms with van der Waals surface area (Å²) in [4.78, 5) is 11.0. The minimum Gasteiger partial charge on any atom is -0.462 e. The summed E-state index contributed by atoms with van der Waals surface area (Å²) in [5.74, 6) is -0.413. The van der Waals surface area contributed by atoms with Crippen molar-refractivity contribution in [3.05, 3.63) is 12.2 Å². The van der Waals surface area contributed by atoms with Crippen molar-refractivity contribution < 1.29 is 14.6 Å². The number of carbonyl (C=O) groups excluding carboxylic acids is 1. The van der Waals surface area contributed by atoms with E-state index < -0.39 is 12.1 Å². The lowest BCUT2D eigenvalue weighted by atomic mass is 10.0. The third-order valence-corrected chi connectivity index (χ3v) is 1.90. The number of aliphatic hydroxyl groups is 1. The molecule has 0 fully saturated rings. The van der Waals surface area contributed by atoms with E-state index in [1.54, 1.807) is 6.92 Å². The fourth-order valence-corrected chi connectivity index (χ4v) is 0.844. The van der Waals surface area contributed by atoms with Gasteiger partial charge in [0.25, 0.3) is 0 Å². The van der Waals surface area contributed by atoms with Gasteiger partial charge in [0.1, 0.15) is 0 Å². The Labute approximate surface area is 79.4 Å². The molecule has 0 amide bonds. The maximum absolute atomic E-state index is 11.0. The Kier molecular flexibility index (Phi) is 5.39. The number of carbonyl (C=O) groups is 1. The van der Waals surface area contributed by atoms with Crippen LogP contribution in [0.1, 0.15) is 27.2 Å². The standard InChI is InChI=1S/C10H18O3/c1-5-9(11)8(4)6-13-10(12)7(2)3/h8-9,11H,2,5-6H2,1,3-4H3. The predicted molar refractivity (Wildman–Crippen MR) is 51.2 cm³/mol. The molecule has 0 aromatic heterocycles. The summed E-state index contributed by atoms with van der Waals surface area (Å²) in [5.41, 5.74) is 0.387. The van der Waals surface area contributed by atoms with Gasteiger partial charge in [0.05, 0.1) is 12.7 Å². The van der Waals surface area contributed by atoms with E-state index in [2.05, 4.69) is 6.58 Å². The molecule has 13 heavy (non-hydrogen) atoms. The van der Waals surface area contributed by atoms with Crippen molar-refractivity contribution in [3.63, 3.8) is 0 Å². The highest BCUT2D eigenvalue weighted by Gasteiger charge is 2.14. The molecule has 76 valence electrons. The molecule has 0 aliphatic heterocycles. The molecule has 0 aliphatic carbocycles. The molecule has 0 aliphatic rings. The quantitative estimate of drug-likeness (QED) is 0.523. The van der Waals surface area contributed by atoms with Crippen LogP contribution < -0.4 is 0 Å². The van der Waals surface area contributed by atoms with E-state index in [0.29, 0.717) is 12.0 Å². The van der Waals surface area contributed by atoms with Crippen molar-refractivity contribution in [3.8, 4) is 0 Å². The van der Waals surface area contributed by atoms with Crippen molar-refractivity contribution >= 4 is 5.97 Å². The van der Waals surface area contributed by atoms with Crippen LogP contribution in [-0.2, 0) is 9.53 Å². The number of ether oxygens (including phenoxy) is 1. The summed E-state index contributed by atoms with van der Waals surface area (Å²) in [7, 11) is 0. The molecule has 0 saturated heterocycles. The van der Waals surface area contributed by atoms with Gasteiger partial charge in [-0.3, -0.25) is 0 Å². The van der Waals surface area contributed by atoms with Crippen LogP contribution in [-0.4, -0.2) is 23.8 Å². The maximum Gasteiger partial charge on any atom is 0.333 e. The molecule has 0 rings (SSSR count). The minimum atomic E-state index is -0.405. The summed E-state index contributed by atoms with van der Waals surface area (Å²) in [6.45, 7) is 9.05. The second-order valence-corrected chi connectivity index (χ2v) is 3.33. The Hall–Kier alpha value is -0.830. The van der Waals surface area contributed by atoms with Crippen LogP contribution in [0.25, 0.3) is 0 Å². The van der Waals surface area contributed by atoms with E-state index in [4.69, 9.17) is 4.74 Å². The summed E-state index contributed by atoms with van der Waals surface area (Å²) in [5, 5.41) is 9.36. The van der Waals surface area contributed by atoms with Crippen LogP contribution in [0.2, 0.25) is 0 Å². The highest BCUT2D eigenvalue weighted by molar-refractivity contribution is 5.86. The molecular weight excluding hydrogens is 168 g/mol. The number of rotatable bonds is 5. The number of hydrogen-bond acceptors (Lipinski definition) is 3. The first-order valence-corrected chi connectivity index (χ1v) is 4.49. The summed E-state index contributed by atoms with van der Waals surface area (Å²) in [6.07, 6.45) is 0.268. The predicted octanol–water partition coefficient (Wildman–Crippen LogP) is 1.51. The first kappa shape index (κ1) is 12.2. The van der Waals surface area contributed by atoms with Crippen molar-refractivity contribution in [2.24, 2.45) is 5.92 Å². The van der Waals surface area contributed by atoms with Gasteiger partial charge < -0.3 is 9.84 Å². The van der Waals surface area contributed by atoms with E-state index in [9.17, 15) is 9.90 Å². The van der Waals surface area contributed by atoms with Crippen LogP contribution >= 0.6 is 0 Å². The monoisotopic (exact) mass is 186 g/mol. The lowest BCUT2D eigenvalue weighted by Gasteiger charge is -2.16. The van der Waals surface area contributed by atoms with Crippen molar-refractivity contribution in [2.45, 2.75) is 33.3 Å². The average Bonchev–Trinajstić information content (AvgIpc) is 2.11. The van der Waals surface area contributed by atoms with Crippen LogP contribution in [0.3, 0.4) is 0 Å². The molecule has 3 heteroatoms. The van der Waals surface area contributed by atoms with Crippen LogP contribution in [0.15, 0.2) is 12.2 Å². The molecule has 0 radical (unpaired) electrons. The summed E-state index contributed by atoms with van der Waals surface area (Å²) < 4.78 is 4.89. The van der Waals surface area contributed by atoms with Crippen molar-refractivity contribution in [2.75, 3.05) is 6.61 Å². The average molecular weight is 186 g/mol. The Morgan fingerprint density at radius 2 is 2.15 bits per heavy atom. The van der Waals surface area contributed by atoms with Gasteiger partial charge in [-0.25, -0.2) is 4.79 Å². The summed E-state index contributed by atoms with van der Waals surface area (Å²) in [6, 6.07) is 0. The van der Waals surface area contributed by atoms with Crippen molar-refractivity contribution in [1.82, 2.24) is 0 Å². The van der Waals surface area contributed by atoms with Gasteiger partial charge in [-0.15, -0.1) is 0 Å². The Morgan fingerprint density at radius 3 is 2.54 bits per heavy atom. The lowest BCUT2D eigenvalue weighted by molar-refractivity contribution is -0.141. The van der Waals surface area contributed by atoms with E-state index in [1.165, 1.54) is 0 Å². The second-order valence-electron chi connectivity index (χ2n) is 3.33. The summed E-state index contributed by atoms with van der Waals surface area (Å²) >= 11 is 0. The van der Waals surface area contributed by atoms with Gasteiger partial charge >= 0.3 is 5.97 Å². The number of esters is 1. The van der Waals surface area contributed by atoms with Gasteiger partial charge in [-0.05, 0) is 13.3 Å². The third-order valence-electron chi connectivity index (χ3n) is 1.90. The topological polar surface area (TPSA) is 46.5 Å². The molecule has 3 nitrogen and oxygen atoms in total. The Balaban J connectivity index is 3.76. The third kappa shape index (κ3) is 4.68. The lowest BCUT2D eigenvalue weighted by Crippen LogP contribution is -2.23. The molecule has 0 aromatic rings. The first-order chi connectivity index (χ1) is 5.99. The smallest absolute Gasteiger partial charge is 0.333 e. The molecule has 0 bridgehead atoms. The first-order valence-electron chi connectivity index (χ1n) is 4.49. The van der Waals surface area contributed by atoms with Gasteiger partial charge in [0, 0.05) is 11.5 Å². The van der Waals surface area contributed by atoms with Gasteiger partial charge in [-0.1, -0.05) is 20.4 Å². The second kappa shape index (κ2) is 5.75. The molecule has 0 heterocycles. The molecule has 2 atom stereocenters. The van der Waals surface area contributed by atoms with Gasteiger partial charge in [0.2, 0.25) is 0 Å². The molecule has 2 unspecified atom stereocenters. The number of aliphatic hydroxyl groups excluding tert-OH is 1. The molecule has 0 spiro atoms. The fourth-order valence-electron chi connectivity index (χ4n) is 0.844. The minimum absolute atomic E-state index is 0.0201. The van der Waals surface area contributed by atoms with Crippen LogP contribution in [0, 0.1) is 5.92 Å². The fraction of sp³-hybridized carbons (Fsp3) is 0.700. The normalized spacial score (nSPS) is 14.8. The van der Waals surface area contributed by atoms with Gasteiger partial charge in [0.15, 0.2) is 0 Å². The van der Waals surface area contributed by atoms with E-state index in [-0.39, 0.29) is 12.5 Å². The van der Waals surface area contributed by atoms with Crippen LogP contribution in [0.4, 0.5) is 0 Å². The largest absolute Gasteiger partial charge is 0.462 e. The van der Waals surface area contributed by atoms with Crippen molar-refractivity contribution in [1.29, 1.82) is 0 Å². The molecule has 0 aromatic carbocycles. The van der Waals surface area contributed by atoms with E-state index in [0.717, 1.165) is 0 Å². The zero-order valence-corrected chi connectivity index (χ0v) is 8.54. The molecule has 1 N–H and O–H groups in total. The highest BCUT2D eigenvalue weighted by atomic mass is 16.5. The molecular formula is C10H18O3. The zero-order chi connectivity index (χ0) is 10.4. The van der Waals surface area contributed by atoms with Gasteiger partial charge in [-0.2, -0.15) is 0 Å². The van der Waals surface area contributed by atoms with Crippen LogP contribution in [0.5, 0.6) is 0 Å². The van der Waals surface area contributed by atoms with E-state index in [1.807, 2.05) is 13.8 Å². The number of hydrogen-bond donors (Lipinski definition) is 1. The Bertz CT molecular complexity index is 187. The molecule has 0 saturated carbocycles.